The summed E-state index contributed by atoms with van der Waals surface area (Å²) in [5, 5.41) is 0.565. The van der Waals surface area contributed by atoms with Crippen molar-refractivity contribution in [3.63, 3.8) is 0 Å². The fourth-order valence-corrected chi connectivity index (χ4v) is 2.18. The maximum atomic E-state index is 12.2. The van der Waals surface area contributed by atoms with Crippen LogP contribution in [0.1, 0.15) is 10.4 Å². The van der Waals surface area contributed by atoms with Gasteiger partial charge in [-0.05, 0) is 48.5 Å². The minimum absolute atomic E-state index is 0.188. The van der Waals surface area contributed by atoms with Gasteiger partial charge in [-0.3, -0.25) is 0 Å². The Balaban J connectivity index is 1.93. The largest absolute Gasteiger partial charge is 0.497 e. The molecule has 0 aliphatic carbocycles. The van der Waals surface area contributed by atoms with Crippen LogP contribution in [0.3, 0.4) is 0 Å². The standard InChI is InChI=1S/C18H14O6/c1-21-12-3-5-13(6-4-12)23-17(19)15-10-11-9-14(22-2)7-8-16(11)24-18(15)20/h3-10H,1-2H3. The van der Waals surface area contributed by atoms with E-state index in [4.69, 9.17) is 18.6 Å². The summed E-state index contributed by atoms with van der Waals surface area (Å²) >= 11 is 0. The Bertz CT molecular complexity index is 940. The van der Waals surface area contributed by atoms with Crippen molar-refractivity contribution in [1.29, 1.82) is 0 Å². The fourth-order valence-electron chi connectivity index (χ4n) is 2.18. The number of hydrogen-bond acceptors (Lipinski definition) is 6. The summed E-state index contributed by atoms with van der Waals surface area (Å²) in [6.45, 7) is 0. The van der Waals surface area contributed by atoms with Gasteiger partial charge in [0.2, 0.25) is 0 Å². The van der Waals surface area contributed by atoms with E-state index in [1.165, 1.54) is 20.3 Å². The van der Waals surface area contributed by atoms with Crippen LogP contribution in [0.15, 0.2) is 57.7 Å². The monoisotopic (exact) mass is 326 g/mol. The molecule has 0 bridgehead atoms. The molecule has 0 saturated heterocycles. The molecule has 0 N–H and O–H groups in total. The summed E-state index contributed by atoms with van der Waals surface area (Å²) in [4.78, 5) is 24.2. The van der Waals surface area contributed by atoms with Gasteiger partial charge in [0.15, 0.2) is 0 Å². The van der Waals surface area contributed by atoms with Crippen LogP contribution in [0.2, 0.25) is 0 Å². The molecule has 1 aromatic heterocycles. The van der Waals surface area contributed by atoms with Gasteiger partial charge in [0.25, 0.3) is 0 Å². The van der Waals surface area contributed by atoms with E-state index in [0.717, 1.165) is 0 Å². The van der Waals surface area contributed by atoms with Gasteiger partial charge in [-0.25, -0.2) is 9.59 Å². The van der Waals surface area contributed by atoms with Crippen LogP contribution < -0.4 is 19.8 Å². The summed E-state index contributed by atoms with van der Waals surface area (Å²) in [5.41, 5.74) is -0.584. The summed E-state index contributed by atoms with van der Waals surface area (Å²) in [6.07, 6.45) is 0. The third-order valence-corrected chi connectivity index (χ3v) is 3.43. The highest BCUT2D eigenvalue weighted by molar-refractivity contribution is 5.94. The van der Waals surface area contributed by atoms with Crippen LogP contribution in [0.5, 0.6) is 17.2 Å². The maximum absolute atomic E-state index is 12.2. The van der Waals surface area contributed by atoms with Gasteiger partial charge in [0.1, 0.15) is 28.4 Å². The van der Waals surface area contributed by atoms with Crippen molar-refractivity contribution in [2.75, 3.05) is 14.2 Å². The Labute approximate surface area is 137 Å². The van der Waals surface area contributed by atoms with Crippen LogP contribution in [0, 0.1) is 0 Å². The van der Waals surface area contributed by atoms with Gasteiger partial charge >= 0.3 is 11.6 Å². The van der Waals surface area contributed by atoms with Gasteiger partial charge in [-0.15, -0.1) is 0 Å². The number of carbonyl (C=O) groups is 1. The average molecular weight is 326 g/mol. The second-order valence-corrected chi connectivity index (χ2v) is 4.92. The summed E-state index contributed by atoms with van der Waals surface area (Å²) in [7, 11) is 3.06. The average Bonchev–Trinajstić information content (AvgIpc) is 2.61. The Hall–Kier alpha value is -3.28. The first-order valence-electron chi connectivity index (χ1n) is 7.09. The summed E-state index contributed by atoms with van der Waals surface area (Å²) in [5.74, 6) is 0.725. The predicted molar refractivity (Wildman–Crippen MR) is 87.0 cm³/mol. The van der Waals surface area contributed by atoms with Crippen LogP contribution >= 0.6 is 0 Å². The Morgan fingerprint density at radius 2 is 1.50 bits per heavy atom. The van der Waals surface area contributed by atoms with E-state index in [0.29, 0.717) is 28.2 Å². The predicted octanol–water partition coefficient (Wildman–Crippen LogP) is 3.03. The second-order valence-electron chi connectivity index (χ2n) is 4.92. The third kappa shape index (κ3) is 3.08. The number of benzene rings is 2. The van der Waals surface area contributed by atoms with Gasteiger partial charge in [0, 0.05) is 5.39 Å². The zero-order valence-electron chi connectivity index (χ0n) is 13.1. The minimum Gasteiger partial charge on any atom is -0.497 e. The molecule has 122 valence electrons. The van der Waals surface area contributed by atoms with Crippen LogP contribution in [-0.4, -0.2) is 20.2 Å². The lowest BCUT2D eigenvalue weighted by Crippen LogP contribution is -2.18. The SMILES string of the molecule is COc1ccc(OC(=O)c2cc3cc(OC)ccc3oc2=O)cc1. The highest BCUT2D eigenvalue weighted by Crippen LogP contribution is 2.21. The molecule has 0 saturated carbocycles. The highest BCUT2D eigenvalue weighted by Gasteiger charge is 2.16. The van der Waals surface area contributed by atoms with Crippen molar-refractivity contribution in [2.45, 2.75) is 0 Å². The molecule has 6 nitrogen and oxygen atoms in total. The Morgan fingerprint density at radius 3 is 2.17 bits per heavy atom. The van der Waals surface area contributed by atoms with E-state index in [1.807, 2.05) is 0 Å². The lowest BCUT2D eigenvalue weighted by molar-refractivity contribution is 0.0730. The van der Waals surface area contributed by atoms with Crippen molar-refractivity contribution in [3.8, 4) is 17.2 Å². The van der Waals surface area contributed by atoms with Gasteiger partial charge in [0.05, 0.1) is 14.2 Å². The first-order valence-corrected chi connectivity index (χ1v) is 7.09. The molecule has 0 fully saturated rings. The van der Waals surface area contributed by atoms with E-state index >= 15 is 0 Å². The van der Waals surface area contributed by atoms with E-state index in [1.54, 1.807) is 42.5 Å². The first-order chi connectivity index (χ1) is 11.6. The number of hydrogen-bond donors (Lipinski definition) is 0. The number of ether oxygens (including phenoxy) is 3. The van der Waals surface area contributed by atoms with Crippen LogP contribution in [0.4, 0.5) is 0 Å². The molecule has 0 radical (unpaired) electrons. The lowest BCUT2D eigenvalue weighted by atomic mass is 10.2. The summed E-state index contributed by atoms with van der Waals surface area (Å²) < 4.78 is 20.5. The van der Waals surface area contributed by atoms with Crippen molar-refractivity contribution < 1.29 is 23.4 Å². The quantitative estimate of drug-likeness (QED) is 0.417. The minimum atomic E-state index is -0.793. The topological polar surface area (TPSA) is 75.0 Å². The number of esters is 1. The van der Waals surface area contributed by atoms with Crippen molar-refractivity contribution in [2.24, 2.45) is 0 Å². The van der Waals surface area contributed by atoms with Crippen molar-refractivity contribution >= 4 is 16.9 Å². The zero-order valence-corrected chi connectivity index (χ0v) is 13.1. The number of rotatable bonds is 4. The molecule has 0 atom stereocenters. The van der Waals surface area contributed by atoms with E-state index < -0.39 is 11.6 Å². The van der Waals surface area contributed by atoms with Gasteiger partial charge in [-0.1, -0.05) is 0 Å². The molecule has 1 heterocycles. The molecule has 0 aliphatic heterocycles. The van der Waals surface area contributed by atoms with Crippen LogP contribution in [0.25, 0.3) is 11.0 Å². The van der Waals surface area contributed by atoms with Crippen LogP contribution in [-0.2, 0) is 0 Å². The third-order valence-electron chi connectivity index (χ3n) is 3.43. The highest BCUT2D eigenvalue weighted by atomic mass is 16.5. The first kappa shape index (κ1) is 15.6. The maximum Gasteiger partial charge on any atom is 0.351 e. The molecule has 3 aromatic rings. The molecule has 3 rings (SSSR count). The molecule has 0 aliphatic rings. The smallest absolute Gasteiger partial charge is 0.351 e. The van der Waals surface area contributed by atoms with E-state index in [-0.39, 0.29) is 5.56 Å². The number of carbonyl (C=O) groups excluding carboxylic acids is 1. The van der Waals surface area contributed by atoms with E-state index in [9.17, 15) is 9.59 Å². The van der Waals surface area contributed by atoms with E-state index in [2.05, 4.69) is 0 Å². The molecule has 2 aromatic carbocycles. The van der Waals surface area contributed by atoms with Crippen molar-refractivity contribution in [1.82, 2.24) is 0 Å². The molecule has 6 heteroatoms. The van der Waals surface area contributed by atoms with Crippen molar-refractivity contribution in [3.05, 3.63) is 64.5 Å². The molecular formula is C18H14O6. The summed E-state index contributed by atoms with van der Waals surface area (Å²) in [6, 6.07) is 12.8. The molecule has 0 unspecified atom stereocenters. The Kier molecular flexibility index (Phi) is 4.20. The molecule has 0 amide bonds. The number of methoxy groups -OCH3 is 2. The lowest BCUT2D eigenvalue weighted by Gasteiger charge is -2.06. The normalized spacial score (nSPS) is 10.4. The Morgan fingerprint density at radius 1 is 0.875 bits per heavy atom. The second kappa shape index (κ2) is 6.45. The zero-order chi connectivity index (χ0) is 17.1. The molecular weight excluding hydrogens is 312 g/mol. The number of fused-ring (bicyclic) bond motifs is 1. The molecule has 24 heavy (non-hydrogen) atoms. The molecule has 0 spiro atoms. The fraction of sp³-hybridized carbons (Fsp3) is 0.111. The van der Waals surface area contributed by atoms with Gasteiger partial charge in [-0.2, -0.15) is 0 Å². The van der Waals surface area contributed by atoms with Gasteiger partial charge < -0.3 is 18.6 Å².